The fourth-order valence-electron chi connectivity index (χ4n) is 1.86. The highest BCUT2D eigenvalue weighted by molar-refractivity contribution is 7.19. The predicted molar refractivity (Wildman–Crippen MR) is 70.0 cm³/mol. The van der Waals surface area contributed by atoms with Crippen LogP contribution < -0.4 is 0 Å². The molecule has 0 spiro atoms. The molecule has 0 fully saturated rings. The van der Waals surface area contributed by atoms with E-state index in [0.717, 1.165) is 0 Å². The van der Waals surface area contributed by atoms with Crippen LogP contribution in [0.2, 0.25) is 0 Å². The van der Waals surface area contributed by atoms with Crippen LogP contribution in [-0.4, -0.2) is 0 Å². The van der Waals surface area contributed by atoms with Gasteiger partial charge in [-0.05, 0) is 47.9 Å². The Kier molecular flexibility index (Phi) is 2.38. The third kappa shape index (κ3) is 1.93. The van der Waals surface area contributed by atoms with E-state index in [1.54, 1.807) is 0 Å². The lowest BCUT2D eigenvalue weighted by Crippen LogP contribution is -2.07. The first-order chi connectivity index (χ1) is 6.88. The van der Waals surface area contributed by atoms with Gasteiger partial charge in [-0.25, -0.2) is 0 Å². The van der Waals surface area contributed by atoms with Crippen molar-refractivity contribution in [1.82, 2.24) is 0 Å². The highest BCUT2D eigenvalue weighted by Gasteiger charge is 2.17. The highest BCUT2D eigenvalue weighted by atomic mass is 32.1. The number of thiophene rings is 1. The van der Waals surface area contributed by atoms with Crippen molar-refractivity contribution in [2.45, 2.75) is 40.0 Å². The first kappa shape index (κ1) is 10.7. The number of rotatable bonds is 0. The van der Waals surface area contributed by atoms with Crippen molar-refractivity contribution in [1.29, 1.82) is 0 Å². The summed E-state index contributed by atoms with van der Waals surface area (Å²) in [4.78, 5) is 1.48. The van der Waals surface area contributed by atoms with Gasteiger partial charge in [-0.15, -0.1) is 11.3 Å². The molecule has 2 rings (SSSR count). The van der Waals surface area contributed by atoms with E-state index in [-0.39, 0.29) is 5.41 Å². The van der Waals surface area contributed by atoms with E-state index in [1.807, 2.05) is 11.3 Å². The predicted octanol–water partition coefficient (Wildman–Crippen LogP) is 4.82. The minimum Gasteiger partial charge on any atom is -0.140 e. The van der Waals surface area contributed by atoms with Crippen molar-refractivity contribution < 1.29 is 0 Å². The number of fused-ring (bicyclic) bond motifs is 1. The van der Waals surface area contributed by atoms with Gasteiger partial charge in [0.2, 0.25) is 0 Å². The lowest BCUT2D eigenvalue weighted by molar-refractivity contribution is 0.604. The van der Waals surface area contributed by atoms with Gasteiger partial charge in [0.05, 0.1) is 0 Å². The van der Waals surface area contributed by atoms with Crippen molar-refractivity contribution in [2.24, 2.45) is 0 Å². The molecule has 1 aromatic heterocycles. The van der Waals surface area contributed by atoms with E-state index in [4.69, 9.17) is 0 Å². The summed E-state index contributed by atoms with van der Waals surface area (Å²) in [5, 5.41) is 1.43. The van der Waals surface area contributed by atoms with Crippen molar-refractivity contribution >= 4 is 21.4 Å². The molecule has 0 aliphatic heterocycles. The summed E-state index contributed by atoms with van der Waals surface area (Å²) in [6, 6.07) is 6.92. The first-order valence-corrected chi connectivity index (χ1v) is 6.21. The van der Waals surface area contributed by atoms with Crippen LogP contribution in [0.15, 0.2) is 18.2 Å². The maximum Gasteiger partial charge on any atom is 0.0351 e. The van der Waals surface area contributed by atoms with E-state index >= 15 is 0 Å². The van der Waals surface area contributed by atoms with Gasteiger partial charge in [-0.3, -0.25) is 0 Å². The normalized spacial score (nSPS) is 12.3. The summed E-state index contributed by atoms with van der Waals surface area (Å²) >= 11 is 1.93. The van der Waals surface area contributed by atoms with Gasteiger partial charge < -0.3 is 0 Å². The van der Waals surface area contributed by atoms with Crippen LogP contribution in [0, 0.1) is 13.8 Å². The molecule has 0 saturated heterocycles. The molecule has 0 amide bonds. The van der Waals surface area contributed by atoms with Crippen LogP contribution in [0.5, 0.6) is 0 Å². The molecule has 1 aromatic carbocycles. The van der Waals surface area contributed by atoms with Crippen molar-refractivity contribution in [3.63, 3.8) is 0 Å². The summed E-state index contributed by atoms with van der Waals surface area (Å²) < 4.78 is 1.43. The first-order valence-electron chi connectivity index (χ1n) is 5.39. The molecule has 0 aliphatic rings. The zero-order valence-electron chi connectivity index (χ0n) is 10.1. The third-order valence-corrected chi connectivity index (χ3v) is 4.24. The molecule has 15 heavy (non-hydrogen) atoms. The Morgan fingerprint density at radius 2 is 1.67 bits per heavy atom. The van der Waals surface area contributed by atoms with Gasteiger partial charge in [0.15, 0.2) is 0 Å². The monoisotopic (exact) mass is 218 g/mol. The highest BCUT2D eigenvalue weighted by Crippen LogP contribution is 2.35. The summed E-state index contributed by atoms with van der Waals surface area (Å²) in [5.41, 5.74) is 3.03. The molecule has 0 N–H and O–H groups in total. The van der Waals surface area contributed by atoms with E-state index < -0.39 is 0 Å². The number of benzene rings is 1. The average Bonchev–Trinajstić information content (AvgIpc) is 2.46. The Bertz CT molecular complexity index is 498. The SMILES string of the molecule is Cc1cc(C)c2cc(C(C)(C)C)sc2c1. The fourth-order valence-corrected chi connectivity index (χ4v) is 3.15. The van der Waals surface area contributed by atoms with E-state index in [9.17, 15) is 0 Å². The zero-order chi connectivity index (χ0) is 11.2. The number of hydrogen-bond donors (Lipinski definition) is 0. The molecule has 0 atom stereocenters. The molecule has 1 heteroatoms. The van der Waals surface area contributed by atoms with Crippen molar-refractivity contribution in [2.75, 3.05) is 0 Å². The van der Waals surface area contributed by atoms with Crippen molar-refractivity contribution in [3.8, 4) is 0 Å². The molecule has 0 aliphatic carbocycles. The molecule has 0 saturated carbocycles. The van der Waals surface area contributed by atoms with Crippen LogP contribution >= 0.6 is 11.3 Å². The molecule has 1 heterocycles. The summed E-state index contributed by atoms with van der Waals surface area (Å²) in [5.74, 6) is 0. The number of aryl methyl sites for hydroxylation is 2. The van der Waals surface area contributed by atoms with Gasteiger partial charge in [-0.2, -0.15) is 0 Å². The minimum absolute atomic E-state index is 0.268. The summed E-state index contributed by atoms with van der Waals surface area (Å²) in [6.07, 6.45) is 0. The standard InChI is InChI=1S/C14H18S/c1-9-6-10(2)11-8-13(14(3,4)5)15-12(11)7-9/h6-8H,1-5H3. The molecular weight excluding hydrogens is 200 g/mol. The van der Waals surface area contributed by atoms with Crippen LogP contribution in [0.1, 0.15) is 36.8 Å². The smallest absolute Gasteiger partial charge is 0.0351 e. The second kappa shape index (κ2) is 3.34. The fraction of sp³-hybridized carbons (Fsp3) is 0.429. The summed E-state index contributed by atoms with van der Waals surface area (Å²) in [6.45, 7) is 11.2. The quantitative estimate of drug-likeness (QED) is 0.595. The number of hydrogen-bond acceptors (Lipinski definition) is 1. The summed E-state index contributed by atoms with van der Waals surface area (Å²) in [7, 11) is 0. The van der Waals surface area contributed by atoms with Gasteiger partial charge in [0.1, 0.15) is 0 Å². The Morgan fingerprint density at radius 1 is 1.00 bits per heavy atom. The van der Waals surface area contributed by atoms with Gasteiger partial charge in [0.25, 0.3) is 0 Å². The molecule has 80 valence electrons. The Hall–Kier alpha value is -0.820. The van der Waals surface area contributed by atoms with Gasteiger partial charge >= 0.3 is 0 Å². The van der Waals surface area contributed by atoms with Crippen LogP contribution in [-0.2, 0) is 5.41 Å². The maximum absolute atomic E-state index is 2.36. The van der Waals surface area contributed by atoms with E-state index in [1.165, 1.54) is 26.1 Å². The molecule has 0 bridgehead atoms. The van der Waals surface area contributed by atoms with Crippen LogP contribution in [0.4, 0.5) is 0 Å². The third-order valence-electron chi connectivity index (χ3n) is 2.73. The second-order valence-electron chi connectivity index (χ2n) is 5.35. The Labute approximate surface area is 95.9 Å². The minimum atomic E-state index is 0.268. The Morgan fingerprint density at radius 3 is 2.27 bits per heavy atom. The topological polar surface area (TPSA) is 0 Å². The van der Waals surface area contributed by atoms with Crippen LogP contribution in [0.25, 0.3) is 10.1 Å². The van der Waals surface area contributed by atoms with E-state index in [2.05, 4.69) is 52.8 Å². The Balaban J connectivity index is 2.71. The lowest BCUT2D eigenvalue weighted by Gasteiger charge is -2.14. The average molecular weight is 218 g/mol. The molecule has 0 nitrogen and oxygen atoms in total. The molecule has 2 aromatic rings. The van der Waals surface area contributed by atoms with Crippen LogP contribution in [0.3, 0.4) is 0 Å². The van der Waals surface area contributed by atoms with Gasteiger partial charge in [-0.1, -0.05) is 26.8 Å². The van der Waals surface area contributed by atoms with Gasteiger partial charge in [0, 0.05) is 9.58 Å². The maximum atomic E-state index is 2.36. The van der Waals surface area contributed by atoms with Crippen molar-refractivity contribution in [3.05, 3.63) is 34.2 Å². The lowest BCUT2D eigenvalue weighted by atomic mass is 9.94. The second-order valence-corrected chi connectivity index (χ2v) is 6.44. The largest absolute Gasteiger partial charge is 0.140 e. The zero-order valence-corrected chi connectivity index (χ0v) is 11.0. The molecule has 0 unspecified atom stereocenters. The molecule has 0 radical (unpaired) electrons. The molecular formula is C14H18S. The van der Waals surface area contributed by atoms with E-state index in [0.29, 0.717) is 0 Å².